The highest BCUT2D eigenvalue weighted by Gasteiger charge is 2.46. The van der Waals surface area contributed by atoms with E-state index in [0.29, 0.717) is 0 Å². The molecule has 0 N–H and O–H groups in total. The lowest BCUT2D eigenvalue weighted by molar-refractivity contribution is 0.769. The second-order valence-electron chi connectivity index (χ2n) is 21.4. The third-order valence-electron chi connectivity index (χ3n) is 17.3. The van der Waals surface area contributed by atoms with Crippen molar-refractivity contribution in [3.8, 4) is 66.8 Å². The minimum Gasteiger partial charge on any atom is -0.0622 e. The summed E-state index contributed by atoms with van der Waals surface area (Å²) in [4.78, 5) is 0. The summed E-state index contributed by atoms with van der Waals surface area (Å²) in [7, 11) is 0. The maximum absolute atomic E-state index is 2.54. The zero-order chi connectivity index (χ0) is 52.0. The predicted octanol–water partition coefficient (Wildman–Crippen LogP) is 21.3. The molecule has 0 aromatic heterocycles. The lowest BCUT2D eigenvalue weighted by Crippen LogP contribution is -2.28. The van der Waals surface area contributed by atoms with Crippen LogP contribution in [0.1, 0.15) is 22.3 Å². The summed E-state index contributed by atoms with van der Waals surface area (Å²) in [6.45, 7) is 0. The molecule has 15 aromatic carbocycles. The van der Waals surface area contributed by atoms with Gasteiger partial charge >= 0.3 is 0 Å². The molecule has 0 aliphatic heterocycles. The average Bonchev–Trinajstić information content (AvgIpc) is 4.08. The summed E-state index contributed by atoms with van der Waals surface area (Å²) in [5.74, 6) is 0. The molecule has 0 saturated carbocycles. The second kappa shape index (κ2) is 18.0. The van der Waals surface area contributed by atoms with Gasteiger partial charge in [0.1, 0.15) is 0 Å². The highest BCUT2D eigenvalue weighted by atomic mass is 14.5. The van der Waals surface area contributed by atoms with Crippen LogP contribution in [0.15, 0.2) is 303 Å². The van der Waals surface area contributed by atoms with E-state index >= 15 is 0 Å². The van der Waals surface area contributed by atoms with Gasteiger partial charge in [-0.3, -0.25) is 0 Å². The van der Waals surface area contributed by atoms with Crippen LogP contribution < -0.4 is 0 Å². The van der Waals surface area contributed by atoms with E-state index in [-0.39, 0.29) is 0 Å². The summed E-state index contributed by atoms with van der Waals surface area (Å²) >= 11 is 0. The molecule has 0 heterocycles. The maximum Gasteiger partial charge on any atom is 0.0713 e. The van der Waals surface area contributed by atoms with Crippen LogP contribution in [0.2, 0.25) is 0 Å². The second-order valence-corrected chi connectivity index (χ2v) is 21.4. The molecule has 366 valence electrons. The van der Waals surface area contributed by atoms with E-state index in [9.17, 15) is 0 Å². The summed E-state index contributed by atoms with van der Waals surface area (Å²) in [6.07, 6.45) is 0. The highest BCUT2D eigenvalue weighted by molar-refractivity contribution is 6.25. The SMILES string of the molecule is c1ccc(-c2ccc3c(c2)C(c2ccccc2)(c2ccccc2)c2cc(-c4c5ccccc5c(-c5ccc6c(-c7ccc8ccccc8c7)c7ccccc7c(-c7ccc8ccccc8c7)c6c5)c5ccccc45)ccc2-3)cc1. The molecule has 1 aliphatic rings. The summed E-state index contributed by atoms with van der Waals surface area (Å²) in [6, 6.07) is 114. The van der Waals surface area contributed by atoms with Crippen LogP contribution >= 0.6 is 0 Å². The van der Waals surface area contributed by atoms with Gasteiger partial charge in [-0.1, -0.05) is 273 Å². The molecule has 0 bridgehead atoms. The van der Waals surface area contributed by atoms with Crippen molar-refractivity contribution >= 4 is 64.6 Å². The molecule has 0 atom stereocenters. The fraction of sp³-hybridized carbons (Fsp3) is 0.0127. The van der Waals surface area contributed by atoms with Crippen molar-refractivity contribution in [3.63, 3.8) is 0 Å². The van der Waals surface area contributed by atoms with Gasteiger partial charge in [-0.05, 0) is 184 Å². The summed E-state index contributed by atoms with van der Waals surface area (Å²) < 4.78 is 0. The zero-order valence-electron chi connectivity index (χ0n) is 43.4. The van der Waals surface area contributed by atoms with Gasteiger partial charge in [0.25, 0.3) is 0 Å². The number of hydrogen-bond acceptors (Lipinski definition) is 0. The van der Waals surface area contributed by atoms with Gasteiger partial charge in [0.15, 0.2) is 0 Å². The van der Waals surface area contributed by atoms with Gasteiger partial charge in [-0.2, -0.15) is 0 Å². The third kappa shape index (κ3) is 6.95. The van der Waals surface area contributed by atoms with Crippen LogP contribution in [-0.4, -0.2) is 0 Å². The molecule has 0 unspecified atom stereocenters. The van der Waals surface area contributed by atoms with Crippen LogP contribution in [0.3, 0.4) is 0 Å². The van der Waals surface area contributed by atoms with Crippen LogP contribution in [0.25, 0.3) is 131 Å². The van der Waals surface area contributed by atoms with Crippen molar-refractivity contribution in [3.05, 3.63) is 326 Å². The van der Waals surface area contributed by atoms with E-state index in [2.05, 4.69) is 303 Å². The topological polar surface area (TPSA) is 0 Å². The Labute approximate surface area is 459 Å². The van der Waals surface area contributed by atoms with E-state index in [4.69, 9.17) is 0 Å². The summed E-state index contributed by atoms with van der Waals surface area (Å²) in [5, 5.41) is 14.8. The van der Waals surface area contributed by atoms with Crippen LogP contribution in [0.5, 0.6) is 0 Å². The minimum atomic E-state index is -0.580. The monoisotopic (exact) mass is 998 g/mol. The normalized spacial score (nSPS) is 12.7. The van der Waals surface area contributed by atoms with E-state index in [1.165, 1.54) is 154 Å². The summed E-state index contributed by atoms with van der Waals surface area (Å²) in [5.41, 5.74) is 19.3. The molecule has 0 amide bonds. The van der Waals surface area contributed by atoms with Crippen molar-refractivity contribution in [1.82, 2.24) is 0 Å². The predicted molar refractivity (Wildman–Crippen MR) is 336 cm³/mol. The van der Waals surface area contributed by atoms with Crippen molar-refractivity contribution in [2.24, 2.45) is 0 Å². The maximum atomic E-state index is 2.54. The third-order valence-corrected chi connectivity index (χ3v) is 17.3. The Hall–Kier alpha value is -10.1. The van der Waals surface area contributed by atoms with Crippen LogP contribution in [0.4, 0.5) is 0 Å². The molecule has 15 aromatic rings. The van der Waals surface area contributed by atoms with Gasteiger partial charge in [-0.15, -0.1) is 0 Å². The molecular weight excluding hydrogens is 949 g/mol. The number of hydrogen-bond donors (Lipinski definition) is 0. The van der Waals surface area contributed by atoms with E-state index in [0.717, 1.165) is 0 Å². The standard InChI is InChI=1S/C79H50/c1-4-20-51(21-5-1)56-40-43-63-64-44-41-60(50-74(64)79(73(63)49-56,61-26-6-2-7-27-61)62-28-8-3-9-29-62)77-67-32-16-14-30-65(67)76(66-31-15-17-33-68(66)77)59-42-45-71-72(48-59)78(58-39-37-53-23-11-13-25-55(53)47-58)70-35-19-18-34-69(70)75(71)57-38-36-52-22-10-12-24-54(52)46-57/h1-50H. The molecule has 1 aliphatic carbocycles. The zero-order valence-corrected chi connectivity index (χ0v) is 43.4. The molecule has 0 saturated heterocycles. The Morgan fingerprint density at radius 3 is 0.962 bits per heavy atom. The Balaban J connectivity index is 0.958. The first-order valence-corrected chi connectivity index (χ1v) is 27.6. The lowest BCUT2D eigenvalue weighted by Gasteiger charge is -2.34. The molecule has 0 heteroatoms. The highest BCUT2D eigenvalue weighted by Crippen LogP contribution is 2.58. The van der Waals surface area contributed by atoms with Crippen molar-refractivity contribution in [1.29, 1.82) is 0 Å². The van der Waals surface area contributed by atoms with Gasteiger partial charge < -0.3 is 0 Å². The Kier molecular flexibility index (Phi) is 10.3. The Morgan fingerprint density at radius 1 is 0.177 bits per heavy atom. The first-order valence-electron chi connectivity index (χ1n) is 27.6. The first-order chi connectivity index (χ1) is 39.2. The van der Waals surface area contributed by atoms with Gasteiger partial charge in [-0.25, -0.2) is 0 Å². The molecule has 0 spiro atoms. The van der Waals surface area contributed by atoms with Gasteiger partial charge in [0.2, 0.25) is 0 Å². The minimum absolute atomic E-state index is 0.580. The van der Waals surface area contributed by atoms with E-state index < -0.39 is 5.41 Å². The number of benzene rings is 15. The molecule has 16 rings (SSSR count). The molecular formula is C79H50. The Bertz CT molecular complexity index is 4840. The largest absolute Gasteiger partial charge is 0.0713 e. The lowest BCUT2D eigenvalue weighted by atomic mass is 9.67. The quantitative estimate of drug-likeness (QED) is 0.140. The number of fused-ring (bicyclic) bond motifs is 9. The molecule has 0 radical (unpaired) electrons. The van der Waals surface area contributed by atoms with Gasteiger partial charge in [0.05, 0.1) is 5.41 Å². The first kappa shape index (κ1) is 45.1. The van der Waals surface area contributed by atoms with Crippen LogP contribution in [-0.2, 0) is 5.41 Å². The van der Waals surface area contributed by atoms with E-state index in [1.807, 2.05) is 0 Å². The van der Waals surface area contributed by atoms with Gasteiger partial charge in [0, 0.05) is 0 Å². The number of rotatable bonds is 7. The van der Waals surface area contributed by atoms with Crippen molar-refractivity contribution in [2.45, 2.75) is 5.41 Å². The fourth-order valence-electron chi connectivity index (χ4n) is 13.9. The molecule has 0 fully saturated rings. The van der Waals surface area contributed by atoms with E-state index in [1.54, 1.807) is 0 Å². The fourth-order valence-corrected chi connectivity index (χ4v) is 13.9. The average molecular weight is 999 g/mol. The molecule has 79 heavy (non-hydrogen) atoms. The molecule has 0 nitrogen and oxygen atoms in total. The van der Waals surface area contributed by atoms with Crippen molar-refractivity contribution < 1.29 is 0 Å². The van der Waals surface area contributed by atoms with Crippen molar-refractivity contribution in [2.75, 3.05) is 0 Å². The Morgan fingerprint density at radius 2 is 0.494 bits per heavy atom. The van der Waals surface area contributed by atoms with Crippen LogP contribution in [0, 0.1) is 0 Å². The smallest absolute Gasteiger partial charge is 0.0622 e.